The molecule has 0 N–H and O–H groups in total. The molecule has 0 spiro atoms. The molecular formula is C4H7N2O. The molecule has 3 heteroatoms. The van der Waals surface area contributed by atoms with Crippen molar-refractivity contribution in [2.75, 3.05) is 14.1 Å². The Balaban J connectivity index is 3.58. The van der Waals surface area contributed by atoms with Gasteiger partial charge in [0.25, 0.3) is 5.90 Å². The van der Waals surface area contributed by atoms with E-state index >= 15 is 0 Å². The summed E-state index contributed by atoms with van der Waals surface area (Å²) in [4.78, 5) is 6.73. The van der Waals surface area contributed by atoms with Crippen molar-refractivity contribution in [1.82, 2.24) is 0 Å². The molecule has 1 radical (unpaired) electrons. The quantitative estimate of drug-likeness (QED) is 0.331. The van der Waals surface area contributed by atoms with Gasteiger partial charge >= 0.3 is 0 Å². The molecule has 0 aliphatic heterocycles. The minimum Gasteiger partial charge on any atom is -0.291 e. The number of aliphatic imine (C=N–C) groups is 2. The van der Waals surface area contributed by atoms with Gasteiger partial charge in [0.2, 0.25) is 0 Å². The van der Waals surface area contributed by atoms with Gasteiger partial charge in [-0.15, -0.1) is 0 Å². The van der Waals surface area contributed by atoms with Gasteiger partial charge in [0.05, 0.1) is 6.21 Å². The van der Waals surface area contributed by atoms with Crippen molar-refractivity contribution >= 4 is 12.1 Å². The topological polar surface area (TPSA) is 44.6 Å². The second-order valence-corrected chi connectivity index (χ2v) is 0.949. The summed E-state index contributed by atoms with van der Waals surface area (Å²) < 4.78 is 0. The molecule has 0 amide bonds. The summed E-state index contributed by atoms with van der Waals surface area (Å²) in [5, 5.41) is 10.1. The molecule has 0 atom stereocenters. The Morgan fingerprint density at radius 2 is 2.14 bits per heavy atom. The second kappa shape index (κ2) is 3.33. The molecule has 0 aliphatic carbocycles. The Kier molecular flexibility index (Phi) is 2.92. The molecule has 0 aliphatic rings. The smallest absolute Gasteiger partial charge is 0.282 e. The minimum absolute atomic E-state index is 0.289. The lowest BCUT2D eigenvalue weighted by Crippen LogP contribution is -1.92. The van der Waals surface area contributed by atoms with E-state index in [1.165, 1.54) is 20.3 Å². The summed E-state index contributed by atoms with van der Waals surface area (Å²) >= 11 is 0. The van der Waals surface area contributed by atoms with E-state index in [4.69, 9.17) is 0 Å². The van der Waals surface area contributed by atoms with Crippen LogP contribution in [0.15, 0.2) is 9.98 Å². The van der Waals surface area contributed by atoms with Crippen LogP contribution in [0.5, 0.6) is 0 Å². The maximum atomic E-state index is 10.1. The molecule has 3 nitrogen and oxygen atoms in total. The molecule has 0 heterocycles. The normalized spacial score (nSPS) is 13.1. The molecular weight excluding hydrogens is 92.1 g/mol. The molecule has 0 saturated carbocycles. The number of hydrogen-bond acceptors (Lipinski definition) is 2. The predicted molar refractivity (Wildman–Crippen MR) is 28.5 cm³/mol. The molecule has 7 heavy (non-hydrogen) atoms. The third-order valence-corrected chi connectivity index (χ3v) is 0.460. The lowest BCUT2D eigenvalue weighted by Gasteiger charge is -1.74. The van der Waals surface area contributed by atoms with Crippen molar-refractivity contribution in [1.29, 1.82) is 0 Å². The summed E-state index contributed by atoms with van der Waals surface area (Å²) in [7, 11) is 2.97. The highest BCUT2D eigenvalue weighted by Crippen LogP contribution is 1.62. The highest BCUT2D eigenvalue weighted by Gasteiger charge is 1.81. The third-order valence-electron chi connectivity index (χ3n) is 0.460. The SMILES string of the molecule is CN=CC([O])=NC. The maximum absolute atomic E-state index is 10.1. The summed E-state index contributed by atoms with van der Waals surface area (Å²) in [6.07, 6.45) is 1.17. The van der Waals surface area contributed by atoms with E-state index in [0.29, 0.717) is 0 Å². The average Bonchev–Trinajstić information content (AvgIpc) is 1.68. The molecule has 0 aromatic rings. The van der Waals surface area contributed by atoms with Gasteiger partial charge in [-0.1, -0.05) is 0 Å². The first-order valence-corrected chi connectivity index (χ1v) is 1.87. The highest BCUT2D eigenvalue weighted by molar-refractivity contribution is 6.24. The van der Waals surface area contributed by atoms with E-state index in [9.17, 15) is 5.11 Å². The van der Waals surface area contributed by atoms with Gasteiger partial charge in [0.1, 0.15) is 0 Å². The van der Waals surface area contributed by atoms with Crippen LogP contribution in [0.25, 0.3) is 0 Å². The molecule has 0 fully saturated rings. The van der Waals surface area contributed by atoms with Gasteiger partial charge in [-0.25, -0.2) is 4.99 Å². The van der Waals surface area contributed by atoms with Crippen LogP contribution >= 0.6 is 0 Å². The third kappa shape index (κ3) is 2.96. The van der Waals surface area contributed by atoms with Crippen LogP contribution in [-0.2, 0) is 5.11 Å². The van der Waals surface area contributed by atoms with Crippen LogP contribution in [0.2, 0.25) is 0 Å². The van der Waals surface area contributed by atoms with Crippen molar-refractivity contribution in [3.8, 4) is 0 Å². The van der Waals surface area contributed by atoms with Crippen LogP contribution in [0, 0.1) is 0 Å². The molecule has 0 saturated heterocycles. The standard InChI is InChI=1S/C4H7N2O/c1-5-3-4(7)6-2/h3H,1-2H3. The van der Waals surface area contributed by atoms with Crippen LogP contribution in [0.4, 0.5) is 0 Å². The minimum atomic E-state index is -0.289. The fourth-order valence-electron chi connectivity index (χ4n) is 0.168. The van der Waals surface area contributed by atoms with Gasteiger partial charge in [-0.2, -0.15) is 0 Å². The Morgan fingerprint density at radius 3 is 2.29 bits per heavy atom. The largest absolute Gasteiger partial charge is 0.291 e. The van der Waals surface area contributed by atoms with E-state index in [-0.39, 0.29) is 5.90 Å². The first-order valence-electron chi connectivity index (χ1n) is 1.87. The van der Waals surface area contributed by atoms with Gasteiger partial charge < -0.3 is 0 Å². The highest BCUT2D eigenvalue weighted by atomic mass is 16.3. The van der Waals surface area contributed by atoms with E-state index in [1.807, 2.05) is 0 Å². The number of rotatable bonds is 1. The summed E-state index contributed by atoms with van der Waals surface area (Å²) in [5.41, 5.74) is 0. The Morgan fingerprint density at radius 1 is 1.57 bits per heavy atom. The molecule has 0 rings (SSSR count). The predicted octanol–water partition coefficient (Wildman–Crippen LogP) is 0.146. The first-order chi connectivity index (χ1) is 3.31. The van der Waals surface area contributed by atoms with E-state index in [0.717, 1.165) is 0 Å². The van der Waals surface area contributed by atoms with E-state index < -0.39 is 0 Å². The lowest BCUT2D eigenvalue weighted by molar-refractivity contribution is 0.438. The second-order valence-electron chi connectivity index (χ2n) is 0.949. The van der Waals surface area contributed by atoms with E-state index in [2.05, 4.69) is 9.98 Å². The zero-order valence-corrected chi connectivity index (χ0v) is 4.38. The van der Waals surface area contributed by atoms with Crippen molar-refractivity contribution in [3.63, 3.8) is 0 Å². The number of nitrogens with zero attached hydrogens (tertiary/aromatic N) is 2. The first kappa shape index (κ1) is 6.14. The van der Waals surface area contributed by atoms with Crippen LogP contribution in [0.1, 0.15) is 0 Å². The fourth-order valence-corrected chi connectivity index (χ4v) is 0.168. The Bertz CT molecular complexity index is 95.9. The summed E-state index contributed by atoms with van der Waals surface area (Å²) in [6, 6.07) is 0. The number of hydrogen-bond donors (Lipinski definition) is 0. The van der Waals surface area contributed by atoms with Crippen LogP contribution in [0.3, 0.4) is 0 Å². The molecule has 0 aromatic heterocycles. The van der Waals surface area contributed by atoms with Crippen LogP contribution < -0.4 is 0 Å². The Labute approximate surface area is 42.4 Å². The zero-order chi connectivity index (χ0) is 5.70. The van der Waals surface area contributed by atoms with E-state index in [1.54, 1.807) is 0 Å². The lowest BCUT2D eigenvalue weighted by atomic mass is 10.7. The maximum Gasteiger partial charge on any atom is 0.282 e. The molecule has 0 unspecified atom stereocenters. The van der Waals surface area contributed by atoms with Crippen molar-refractivity contribution in [2.24, 2.45) is 9.98 Å². The summed E-state index contributed by atoms with van der Waals surface area (Å²) in [6.45, 7) is 0. The van der Waals surface area contributed by atoms with Crippen molar-refractivity contribution in [2.45, 2.75) is 0 Å². The van der Waals surface area contributed by atoms with Crippen molar-refractivity contribution < 1.29 is 5.11 Å². The average molecular weight is 99.1 g/mol. The molecule has 0 aromatic carbocycles. The van der Waals surface area contributed by atoms with Crippen LogP contribution in [-0.4, -0.2) is 26.2 Å². The fraction of sp³-hybridized carbons (Fsp3) is 0.500. The molecule has 0 bridgehead atoms. The monoisotopic (exact) mass is 99.1 g/mol. The van der Waals surface area contributed by atoms with Gasteiger partial charge in [-0.05, 0) is 0 Å². The zero-order valence-electron chi connectivity index (χ0n) is 4.38. The summed E-state index contributed by atoms with van der Waals surface area (Å²) in [5.74, 6) is -0.289. The molecule has 39 valence electrons. The van der Waals surface area contributed by atoms with Gasteiger partial charge in [0.15, 0.2) is 0 Å². The van der Waals surface area contributed by atoms with Crippen molar-refractivity contribution in [3.05, 3.63) is 0 Å². The van der Waals surface area contributed by atoms with Gasteiger partial charge in [-0.3, -0.25) is 10.1 Å². The Hall–Kier alpha value is -0.860. The van der Waals surface area contributed by atoms with Gasteiger partial charge in [0, 0.05) is 14.1 Å².